The molecular weight excluding hydrogens is 312 g/mol. The smallest absolute Gasteiger partial charge is 0.217 e. The van der Waals surface area contributed by atoms with Gasteiger partial charge < -0.3 is 4.74 Å². The van der Waals surface area contributed by atoms with Gasteiger partial charge in [0.1, 0.15) is 5.25 Å². The fourth-order valence-corrected chi connectivity index (χ4v) is 5.20. The maximum atomic E-state index is 12.6. The summed E-state index contributed by atoms with van der Waals surface area (Å²) in [5, 5.41) is -0.433. The van der Waals surface area contributed by atoms with Crippen molar-refractivity contribution in [3.05, 3.63) is 35.9 Å². The van der Waals surface area contributed by atoms with Gasteiger partial charge in [0.05, 0.1) is 6.10 Å². The number of hydrogen-bond donors (Lipinski definition) is 1. The van der Waals surface area contributed by atoms with Crippen LogP contribution in [0, 0.1) is 0 Å². The summed E-state index contributed by atoms with van der Waals surface area (Å²) >= 11 is 0. The molecule has 0 aromatic heterocycles. The van der Waals surface area contributed by atoms with Crippen molar-refractivity contribution in [3.8, 4) is 0 Å². The van der Waals surface area contributed by atoms with Crippen LogP contribution in [0.3, 0.4) is 0 Å². The van der Waals surface area contributed by atoms with Crippen LogP contribution in [0.4, 0.5) is 0 Å². The Morgan fingerprint density at radius 1 is 1.26 bits per heavy atom. The lowest BCUT2D eigenvalue weighted by molar-refractivity contribution is 0.126. The Balaban J connectivity index is 1.71. The summed E-state index contributed by atoms with van der Waals surface area (Å²) in [7, 11) is -3.34. The molecule has 1 N–H and O–H groups in total. The van der Waals surface area contributed by atoms with E-state index in [1.807, 2.05) is 25.1 Å². The molecule has 1 aromatic rings. The van der Waals surface area contributed by atoms with Gasteiger partial charge in [-0.3, -0.25) is 4.90 Å². The van der Waals surface area contributed by atoms with E-state index in [4.69, 9.17) is 4.74 Å². The van der Waals surface area contributed by atoms with Gasteiger partial charge in [0, 0.05) is 19.2 Å². The van der Waals surface area contributed by atoms with Crippen LogP contribution in [-0.2, 0) is 14.8 Å². The third kappa shape index (κ3) is 3.94. The minimum atomic E-state index is -3.34. The average Bonchev–Trinajstić information content (AvgIpc) is 3.20. The molecule has 0 amide bonds. The second kappa shape index (κ2) is 7.30. The van der Waals surface area contributed by atoms with E-state index in [1.54, 1.807) is 0 Å². The Kier molecular flexibility index (Phi) is 5.36. The van der Waals surface area contributed by atoms with E-state index in [2.05, 4.69) is 21.8 Å². The van der Waals surface area contributed by atoms with Crippen molar-refractivity contribution in [1.82, 2.24) is 9.62 Å². The van der Waals surface area contributed by atoms with Crippen LogP contribution < -0.4 is 4.72 Å². The minimum absolute atomic E-state index is 0.103. The third-order valence-electron chi connectivity index (χ3n) is 4.95. The van der Waals surface area contributed by atoms with Crippen molar-refractivity contribution in [2.75, 3.05) is 26.2 Å². The van der Waals surface area contributed by atoms with E-state index < -0.39 is 15.3 Å². The van der Waals surface area contributed by atoms with Crippen molar-refractivity contribution in [3.63, 3.8) is 0 Å². The second-order valence-corrected chi connectivity index (χ2v) is 8.45. The number of ether oxygens (including phenoxy) is 1. The van der Waals surface area contributed by atoms with Gasteiger partial charge in [-0.15, -0.1) is 0 Å². The number of benzene rings is 1. The van der Waals surface area contributed by atoms with E-state index >= 15 is 0 Å². The maximum Gasteiger partial charge on any atom is 0.217 e. The number of hydrogen-bond acceptors (Lipinski definition) is 4. The first-order valence-corrected chi connectivity index (χ1v) is 10.0. The van der Waals surface area contributed by atoms with E-state index in [9.17, 15) is 8.42 Å². The predicted molar refractivity (Wildman–Crippen MR) is 90.7 cm³/mol. The van der Waals surface area contributed by atoms with Gasteiger partial charge in [0.15, 0.2) is 0 Å². The molecule has 5 nitrogen and oxygen atoms in total. The number of likely N-dealkylation sites (tertiary alicyclic amines) is 1. The van der Waals surface area contributed by atoms with E-state index in [0.29, 0.717) is 19.6 Å². The van der Waals surface area contributed by atoms with E-state index in [0.717, 1.165) is 13.1 Å². The second-order valence-electron chi connectivity index (χ2n) is 6.47. The summed E-state index contributed by atoms with van der Waals surface area (Å²) in [6.45, 7) is 4.86. The molecular formula is C17H26N2O3S. The first kappa shape index (κ1) is 16.9. The van der Waals surface area contributed by atoms with Gasteiger partial charge in [0.2, 0.25) is 10.0 Å². The van der Waals surface area contributed by atoms with Crippen LogP contribution in [0.1, 0.15) is 37.8 Å². The molecule has 0 spiro atoms. The van der Waals surface area contributed by atoms with Gasteiger partial charge in [-0.25, -0.2) is 13.1 Å². The lowest BCUT2D eigenvalue weighted by atomic mass is 10.1. The standard InChI is InChI=1S/C17H26N2O3S/c1-14-17(9-12-22-14)23(20,21)18-13-16(19-10-5-6-11-19)15-7-3-2-4-8-15/h2-4,7-8,14,16-18H,5-6,9-13H2,1H3/t14-,16-,17+/m0/s1. The van der Waals surface area contributed by atoms with Gasteiger partial charge in [0.25, 0.3) is 0 Å². The Morgan fingerprint density at radius 3 is 2.57 bits per heavy atom. The van der Waals surface area contributed by atoms with Crippen LogP contribution in [0.2, 0.25) is 0 Å². The molecule has 128 valence electrons. The lowest BCUT2D eigenvalue weighted by Crippen LogP contribution is -2.42. The normalized spacial score (nSPS) is 27.3. The maximum absolute atomic E-state index is 12.6. The summed E-state index contributed by atoms with van der Waals surface area (Å²) in [6, 6.07) is 10.3. The molecule has 1 aromatic carbocycles. The Bertz CT molecular complexity index is 600. The Hall–Kier alpha value is -0.950. The first-order valence-electron chi connectivity index (χ1n) is 8.47. The van der Waals surface area contributed by atoms with E-state index in [-0.39, 0.29) is 12.1 Å². The van der Waals surface area contributed by atoms with E-state index in [1.165, 1.54) is 18.4 Å². The van der Waals surface area contributed by atoms with Crippen molar-refractivity contribution >= 4 is 10.0 Å². The monoisotopic (exact) mass is 338 g/mol. The molecule has 23 heavy (non-hydrogen) atoms. The predicted octanol–water partition coefficient (Wildman–Crippen LogP) is 1.92. The topological polar surface area (TPSA) is 58.6 Å². The van der Waals surface area contributed by atoms with Crippen LogP contribution in [0.15, 0.2) is 30.3 Å². The Labute approximate surface area is 139 Å². The zero-order valence-electron chi connectivity index (χ0n) is 13.6. The van der Waals surface area contributed by atoms with Crippen molar-refractivity contribution < 1.29 is 13.2 Å². The van der Waals surface area contributed by atoms with Crippen LogP contribution in [-0.4, -0.2) is 50.9 Å². The summed E-state index contributed by atoms with van der Waals surface area (Å²) < 4.78 is 33.4. The molecule has 3 atom stereocenters. The van der Waals surface area contributed by atoms with Crippen LogP contribution >= 0.6 is 0 Å². The van der Waals surface area contributed by atoms with Crippen molar-refractivity contribution in [2.24, 2.45) is 0 Å². The quantitative estimate of drug-likeness (QED) is 0.861. The molecule has 0 radical (unpaired) electrons. The highest BCUT2D eigenvalue weighted by Crippen LogP contribution is 2.26. The van der Waals surface area contributed by atoms with Crippen LogP contribution in [0.25, 0.3) is 0 Å². The molecule has 2 aliphatic heterocycles. The molecule has 0 aliphatic carbocycles. The summed E-state index contributed by atoms with van der Waals surface area (Å²) in [6.07, 6.45) is 2.72. The highest BCUT2D eigenvalue weighted by atomic mass is 32.2. The van der Waals surface area contributed by atoms with Crippen molar-refractivity contribution in [1.29, 1.82) is 0 Å². The van der Waals surface area contributed by atoms with Crippen LogP contribution in [0.5, 0.6) is 0 Å². The first-order chi connectivity index (χ1) is 11.1. The van der Waals surface area contributed by atoms with Gasteiger partial charge in [-0.05, 0) is 44.8 Å². The fraction of sp³-hybridized carbons (Fsp3) is 0.647. The number of rotatable bonds is 6. The average molecular weight is 338 g/mol. The zero-order chi connectivity index (χ0) is 16.3. The zero-order valence-corrected chi connectivity index (χ0v) is 14.5. The summed E-state index contributed by atoms with van der Waals surface area (Å²) in [4.78, 5) is 2.38. The SMILES string of the molecule is C[C@@H]1OCC[C@H]1S(=O)(=O)NC[C@@H](c1ccccc1)N1CCCC1. The fourth-order valence-electron chi connectivity index (χ4n) is 3.61. The summed E-state index contributed by atoms with van der Waals surface area (Å²) in [5.74, 6) is 0. The molecule has 0 unspecified atom stereocenters. The van der Waals surface area contributed by atoms with Crippen molar-refractivity contribution in [2.45, 2.75) is 43.6 Å². The largest absolute Gasteiger partial charge is 0.377 e. The molecule has 2 aliphatic rings. The summed E-state index contributed by atoms with van der Waals surface area (Å²) in [5.41, 5.74) is 1.17. The number of nitrogens with zero attached hydrogens (tertiary/aromatic N) is 1. The molecule has 3 rings (SSSR count). The number of sulfonamides is 1. The highest BCUT2D eigenvalue weighted by Gasteiger charge is 2.36. The minimum Gasteiger partial charge on any atom is -0.377 e. The number of nitrogens with one attached hydrogen (secondary N) is 1. The molecule has 2 saturated heterocycles. The van der Waals surface area contributed by atoms with Gasteiger partial charge in [-0.1, -0.05) is 30.3 Å². The molecule has 0 bridgehead atoms. The molecule has 6 heteroatoms. The molecule has 0 saturated carbocycles. The van der Waals surface area contributed by atoms with Gasteiger partial charge >= 0.3 is 0 Å². The molecule has 2 heterocycles. The third-order valence-corrected chi connectivity index (χ3v) is 6.93. The highest BCUT2D eigenvalue weighted by molar-refractivity contribution is 7.90. The Morgan fingerprint density at radius 2 is 1.96 bits per heavy atom. The molecule has 2 fully saturated rings. The van der Waals surface area contributed by atoms with Gasteiger partial charge in [-0.2, -0.15) is 0 Å². The lowest BCUT2D eigenvalue weighted by Gasteiger charge is -2.29.